The van der Waals surface area contributed by atoms with E-state index in [0.717, 1.165) is 41.5 Å². The van der Waals surface area contributed by atoms with Crippen molar-refractivity contribution in [1.29, 1.82) is 0 Å². The predicted molar refractivity (Wildman–Crippen MR) is 141 cm³/mol. The van der Waals surface area contributed by atoms with Gasteiger partial charge in [0.1, 0.15) is 0 Å². The van der Waals surface area contributed by atoms with E-state index < -0.39 is 10.0 Å². The molecule has 0 radical (unpaired) electrons. The molecule has 1 saturated heterocycles. The van der Waals surface area contributed by atoms with Gasteiger partial charge in [0.15, 0.2) is 0 Å². The van der Waals surface area contributed by atoms with Crippen molar-refractivity contribution in [3.63, 3.8) is 0 Å². The first-order valence-corrected chi connectivity index (χ1v) is 14.3. The van der Waals surface area contributed by atoms with Crippen LogP contribution in [0.1, 0.15) is 38.5 Å². The molecule has 0 bridgehead atoms. The number of aromatic nitrogens is 1. The van der Waals surface area contributed by atoms with Gasteiger partial charge in [-0.1, -0.05) is 36.4 Å². The molecule has 1 amide bonds. The van der Waals surface area contributed by atoms with E-state index in [0.29, 0.717) is 32.3 Å². The molecule has 1 aliphatic heterocycles. The molecule has 0 spiro atoms. The van der Waals surface area contributed by atoms with E-state index in [4.69, 9.17) is 4.74 Å². The summed E-state index contributed by atoms with van der Waals surface area (Å²) < 4.78 is 36.8. The van der Waals surface area contributed by atoms with Gasteiger partial charge in [-0.05, 0) is 62.3 Å². The normalized spacial score (nSPS) is 22.8. The topological polar surface area (TPSA) is 80.6 Å². The fraction of sp³-hybridized carbons (Fsp3) is 0.464. The lowest BCUT2D eigenvalue weighted by atomic mass is 9.85. The molecule has 1 aliphatic carbocycles. The molecule has 36 heavy (non-hydrogen) atoms. The van der Waals surface area contributed by atoms with E-state index in [9.17, 15) is 13.2 Å². The molecule has 2 aliphatic rings. The molecule has 192 valence electrons. The first-order chi connectivity index (χ1) is 17.4. The summed E-state index contributed by atoms with van der Waals surface area (Å²) in [7, 11) is -0.0289. The molecule has 8 heteroatoms. The van der Waals surface area contributed by atoms with Crippen molar-refractivity contribution < 1.29 is 17.9 Å². The minimum absolute atomic E-state index is 0.0284. The first kappa shape index (κ1) is 25.0. The number of amides is 1. The third-order valence-electron chi connectivity index (χ3n) is 7.81. The van der Waals surface area contributed by atoms with Gasteiger partial charge in [-0.3, -0.25) is 4.79 Å². The second-order valence-electron chi connectivity index (χ2n) is 10.1. The summed E-state index contributed by atoms with van der Waals surface area (Å²) in [5.41, 5.74) is 3.01. The number of fused-ring (bicyclic) bond motifs is 1. The summed E-state index contributed by atoms with van der Waals surface area (Å²) in [6.45, 7) is 1.38. The van der Waals surface area contributed by atoms with Gasteiger partial charge in [-0.2, -0.15) is 0 Å². The molecule has 5 rings (SSSR count). The zero-order chi connectivity index (χ0) is 25.3. The lowest BCUT2D eigenvalue weighted by Crippen LogP contribution is -2.44. The molecule has 7 nitrogen and oxygen atoms in total. The van der Waals surface area contributed by atoms with Gasteiger partial charge in [0.2, 0.25) is 15.9 Å². The second-order valence-corrected chi connectivity index (χ2v) is 11.8. The first-order valence-electron chi connectivity index (χ1n) is 12.8. The number of rotatable bonds is 7. The number of ether oxygens (including phenoxy) is 1. The van der Waals surface area contributed by atoms with E-state index in [-0.39, 0.29) is 28.8 Å². The third-order valence-corrected chi connectivity index (χ3v) is 9.33. The van der Waals surface area contributed by atoms with Gasteiger partial charge in [-0.15, -0.1) is 0 Å². The number of hydrogen-bond donors (Lipinski definition) is 1. The van der Waals surface area contributed by atoms with E-state index in [1.54, 1.807) is 19.2 Å². The molecule has 2 aromatic carbocycles. The molecule has 1 unspecified atom stereocenters. The number of aryl methyl sites for hydroxylation is 1. The lowest BCUT2D eigenvalue weighted by Gasteiger charge is -2.33. The van der Waals surface area contributed by atoms with Crippen LogP contribution in [0.5, 0.6) is 0 Å². The summed E-state index contributed by atoms with van der Waals surface area (Å²) >= 11 is 0. The van der Waals surface area contributed by atoms with Crippen molar-refractivity contribution in [2.24, 2.45) is 13.0 Å². The van der Waals surface area contributed by atoms with Crippen LogP contribution in [-0.4, -0.2) is 56.1 Å². The number of hydrogen-bond acceptors (Lipinski definition) is 4. The van der Waals surface area contributed by atoms with Crippen molar-refractivity contribution >= 4 is 26.8 Å². The van der Waals surface area contributed by atoms with Crippen molar-refractivity contribution in [3.05, 3.63) is 54.6 Å². The Balaban J connectivity index is 1.25. The number of nitrogens with zero attached hydrogens (tertiary/aromatic N) is 2. The number of likely N-dealkylation sites (tertiary alicyclic amines) is 1. The molecule has 2 heterocycles. The lowest BCUT2D eigenvalue weighted by molar-refractivity contribution is -0.138. The zero-order valence-corrected chi connectivity index (χ0v) is 21.8. The minimum Gasteiger partial charge on any atom is -0.383 e. The number of methoxy groups -OCH3 is 1. The molecule has 1 N–H and O–H groups in total. The Hall–Kier alpha value is -2.68. The Morgan fingerprint density at radius 1 is 1.03 bits per heavy atom. The van der Waals surface area contributed by atoms with Crippen LogP contribution in [0.25, 0.3) is 22.2 Å². The van der Waals surface area contributed by atoms with Gasteiger partial charge >= 0.3 is 0 Å². The fourth-order valence-corrected chi connectivity index (χ4v) is 7.16. The molecule has 2 fully saturated rings. The highest BCUT2D eigenvalue weighted by molar-refractivity contribution is 7.89. The van der Waals surface area contributed by atoms with Gasteiger partial charge in [0.05, 0.1) is 17.5 Å². The van der Waals surface area contributed by atoms with Crippen molar-refractivity contribution in [2.75, 3.05) is 20.3 Å². The summed E-state index contributed by atoms with van der Waals surface area (Å²) in [6.07, 6.45) is 4.77. The Bertz CT molecular complexity index is 1330. The average Bonchev–Trinajstić information content (AvgIpc) is 3.49. The van der Waals surface area contributed by atoms with Crippen molar-refractivity contribution in [2.45, 2.75) is 55.5 Å². The monoisotopic (exact) mass is 509 g/mol. The SMILES string of the molecule is COCC1CCCN1C(=O)C1CCC(NS(=O)(=O)c2ccc3cc(-c4ccccc4)n(C)c3c2)CC1. The Kier molecular flexibility index (Phi) is 7.19. The third kappa shape index (κ3) is 4.94. The fourth-order valence-electron chi connectivity index (χ4n) is 5.83. The largest absolute Gasteiger partial charge is 0.383 e. The molecule has 3 aromatic rings. The molecular weight excluding hydrogens is 474 g/mol. The zero-order valence-electron chi connectivity index (χ0n) is 21.0. The van der Waals surface area contributed by atoms with Crippen LogP contribution in [0.3, 0.4) is 0 Å². The quantitative estimate of drug-likeness (QED) is 0.514. The maximum absolute atomic E-state index is 13.3. The highest BCUT2D eigenvalue weighted by Gasteiger charge is 2.36. The Labute approximate surface area is 213 Å². The van der Waals surface area contributed by atoms with E-state index in [1.807, 2.05) is 40.8 Å². The Morgan fingerprint density at radius 3 is 2.50 bits per heavy atom. The van der Waals surface area contributed by atoms with Crippen LogP contribution >= 0.6 is 0 Å². The minimum atomic E-state index is -3.67. The number of sulfonamides is 1. The van der Waals surface area contributed by atoms with Gasteiger partial charge in [-0.25, -0.2) is 13.1 Å². The maximum atomic E-state index is 13.3. The predicted octanol–water partition coefficient (Wildman–Crippen LogP) is 4.32. The average molecular weight is 510 g/mol. The molecule has 1 saturated carbocycles. The van der Waals surface area contributed by atoms with Gasteiger partial charge in [0.25, 0.3) is 0 Å². The van der Waals surface area contributed by atoms with Crippen LogP contribution < -0.4 is 4.72 Å². The van der Waals surface area contributed by atoms with Crippen molar-refractivity contribution in [3.8, 4) is 11.3 Å². The Morgan fingerprint density at radius 2 is 1.78 bits per heavy atom. The van der Waals surface area contributed by atoms with Crippen LogP contribution in [0, 0.1) is 5.92 Å². The molecule has 1 atom stereocenters. The number of carbonyl (C=O) groups excluding carboxylic acids is 1. The summed E-state index contributed by atoms with van der Waals surface area (Å²) in [5.74, 6) is 0.179. The second kappa shape index (κ2) is 10.4. The van der Waals surface area contributed by atoms with Gasteiger partial charge in [0, 0.05) is 49.3 Å². The molecular formula is C28H35N3O4S. The molecule has 1 aromatic heterocycles. The number of carbonyl (C=O) groups is 1. The van der Waals surface area contributed by atoms with Crippen LogP contribution in [-0.2, 0) is 26.6 Å². The van der Waals surface area contributed by atoms with Crippen LogP contribution in [0.15, 0.2) is 59.5 Å². The summed E-state index contributed by atoms with van der Waals surface area (Å²) in [5, 5.41) is 1.00. The van der Waals surface area contributed by atoms with E-state index >= 15 is 0 Å². The summed E-state index contributed by atoms with van der Waals surface area (Å²) in [4.78, 5) is 15.3. The maximum Gasteiger partial charge on any atom is 0.240 e. The standard InChI is InChI=1S/C28H35N3O4S/c1-30-26(20-7-4-3-5-8-20)17-22-12-15-25(18-27(22)30)36(33,34)29-23-13-10-21(11-14-23)28(32)31-16-6-9-24(31)19-35-2/h3-5,7-8,12,15,17-18,21,23-24,29H,6,9-11,13-14,16,19H2,1-2H3. The number of nitrogens with one attached hydrogen (secondary N) is 1. The van der Waals surface area contributed by atoms with E-state index in [2.05, 4.69) is 22.9 Å². The van der Waals surface area contributed by atoms with Crippen molar-refractivity contribution in [1.82, 2.24) is 14.2 Å². The highest BCUT2D eigenvalue weighted by atomic mass is 32.2. The smallest absolute Gasteiger partial charge is 0.240 e. The summed E-state index contributed by atoms with van der Waals surface area (Å²) in [6, 6.07) is 17.5. The van der Waals surface area contributed by atoms with Crippen LogP contribution in [0.2, 0.25) is 0 Å². The van der Waals surface area contributed by atoms with E-state index in [1.165, 1.54) is 0 Å². The van der Waals surface area contributed by atoms with Gasteiger partial charge < -0.3 is 14.2 Å². The number of benzene rings is 2. The van der Waals surface area contributed by atoms with Crippen LogP contribution in [0.4, 0.5) is 0 Å². The highest BCUT2D eigenvalue weighted by Crippen LogP contribution is 2.31.